The van der Waals surface area contributed by atoms with Crippen LogP contribution in [0.3, 0.4) is 0 Å². The number of nitriles is 1. The summed E-state index contributed by atoms with van der Waals surface area (Å²) in [6.07, 6.45) is 3.91. The average Bonchev–Trinajstić information content (AvgIpc) is 2.92. The van der Waals surface area contributed by atoms with E-state index in [0.717, 1.165) is 13.0 Å². The van der Waals surface area contributed by atoms with Crippen LogP contribution in [0.15, 0.2) is 0 Å². The highest BCUT2D eigenvalue weighted by Crippen LogP contribution is 2.35. The first-order valence-corrected chi connectivity index (χ1v) is 4.82. The Morgan fingerprint density at radius 1 is 1.29 bits per heavy atom. The monoisotopic (exact) mass is 200 g/mol. The minimum absolute atomic E-state index is 0.177. The van der Waals surface area contributed by atoms with Crippen LogP contribution in [0.4, 0.5) is 0 Å². The molecule has 0 heterocycles. The van der Waals surface area contributed by atoms with E-state index >= 15 is 0 Å². The number of rotatable bonds is 5. The first kappa shape index (κ1) is 13.4. The minimum atomic E-state index is 0.177. The maximum atomic E-state index is 7.87. The van der Waals surface area contributed by atoms with Crippen LogP contribution in [0.25, 0.3) is 0 Å². The van der Waals surface area contributed by atoms with Crippen LogP contribution in [0, 0.1) is 11.3 Å². The molecular weight excluding hydrogens is 180 g/mol. The molecule has 1 saturated carbocycles. The van der Waals surface area contributed by atoms with Gasteiger partial charge < -0.3 is 15.2 Å². The number of ether oxygens (including phenoxy) is 2. The average molecular weight is 200 g/mol. The molecule has 0 atom stereocenters. The largest absolute Gasteiger partial charge is 0.385 e. The van der Waals surface area contributed by atoms with Crippen molar-refractivity contribution >= 4 is 0 Å². The van der Waals surface area contributed by atoms with Gasteiger partial charge >= 0.3 is 0 Å². The smallest absolute Gasteiger partial charge is 0.0645 e. The summed E-state index contributed by atoms with van der Waals surface area (Å²) in [5, 5.41) is 7.87. The number of methoxy groups -OCH3 is 2. The SMILES string of the molecule is COCCC#N.COCCC1(N)CC1. The molecule has 1 fully saturated rings. The first-order chi connectivity index (χ1) is 6.68. The van der Waals surface area contributed by atoms with Crippen molar-refractivity contribution in [3.8, 4) is 6.07 Å². The van der Waals surface area contributed by atoms with Gasteiger partial charge in [0, 0.05) is 26.4 Å². The van der Waals surface area contributed by atoms with E-state index in [1.54, 1.807) is 14.2 Å². The highest BCUT2D eigenvalue weighted by molar-refractivity contribution is 4.98. The van der Waals surface area contributed by atoms with Gasteiger partial charge in [0.15, 0.2) is 0 Å². The molecule has 0 unspecified atom stereocenters. The van der Waals surface area contributed by atoms with Gasteiger partial charge in [-0.1, -0.05) is 0 Å². The van der Waals surface area contributed by atoms with Crippen molar-refractivity contribution in [2.75, 3.05) is 27.4 Å². The van der Waals surface area contributed by atoms with Crippen molar-refractivity contribution in [3.63, 3.8) is 0 Å². The molecule has 2 N–H and O–H groups in total. The van der Waals surface area contributed by atoms with Crippen molar-refractivity contribution in [1.82, 2.24) is 0 Å². The van der Waals surface area contributed by atoms with E-state index in [-0.39, 0.29) is 5.54 Å². The van der Waals surface area contributed by atoms with Gasteiger partial charge in [0.25, 0.3) is 0 Å². The van der Waals surface area contributed by atoms with Gasteiger partial charge in [-0.2, -0.15) is 5.26 Å². The van der Waals surface area contributed by atoms with Crippen molar-refractivity contribution in [1.29, 1.82) is 5.26 Å². The lowest BCUT2D eigenvalue weighted by Gasteiger charge is -2.04. The van der Waals surface area contributed by atoms with E-state index in [4.69, 9.17) is 15.7 Å². The van der Waals surface area contributed by atoms with Crippen LogP contribution < -0.4 is 5.73 Å². The number of hydrogen-bond acceptors (Lipinski definition) is 4. The molecule has 0 radical (unpaired) electrons. The maximum Gasteiger partial charge on any atom is 0.0645 e. The van der Waals surface area contributed by atoms with Crippen molar-refractivity contribution in [2.24, 2.45) is 5.73 Å². The molecule has 4 heteroatoms. The number of hydrogen-bond donors (Lipinski definition) is 1. The highest BCUT2D eigenvalue weighted by Gasteiger charge is 2.37. The zero-order valence-corrected chi connectivity index (χ0v) is 9.08. The van der Waals surface area contributed by atoms with Crippen LogP contribution >= 0.6 is 0 Å². The summed E-state index contributed by atoms with van der Waals surface area (Å²) in [7, 11) is 3.29. The van der Waals surface area contributed by atoms with Gasteiger partial charge in [-0.25, -0.2) is 0 Å². The topological polar surface area (TPSA) is 68.3 Å². The molecule has 14 heavy (non-hydrogen) atoms. The van der Waals surface area contributed by atoms with Crippen molar-refractivity contribution in [2.45, 2.75) is 31.2 Å². The Kier molecular flexibility index (Phi) is 7.40. The molecule has 1 aliphatic rings. The third-order valence-electron chi connectivity index (χ3n) is 2.11. The molecule has 1 aliphatic carbocycles. The van der Waals surface area contributed by atoms with Crippen molar-refractivity contribution < 1.29 is 9.47 Å². The molecule has 4 nitrogen and oxygen atoms in total. The standard InChI is InChI=1S/C6H13NO.C4H7NO/c1-8-5-4-6(7)2-3-6;1-6-4-2-3-5/h2-5,7H2,1H3;2,4H2,1H3. The van der Waals surface area contributed by atoms with Crippen molar-refractivity contribution in [3.05, 3.63) is 0 Å². The summed E-state index contributed by atoms with van der Waals surface area (Å²) >= 11 is 0. The number of nitrogens with two attached hydrogens (primary N) is 1. The van der Waals surface area contributed by atoms with E-state index < -0.39 is 0 Å². The highest BCUT2D eigenvalue weighted by atomic mass is 16.5. The Bertz CT molecular complexity index is 173. The molecule has 0 aromatic carbocycles. The van der Waals surface area contributed by atoms with Gasteiger partial charge in [0.05, 0.1) is 19.1 Å². The van der Waals surface area contributed by atoms with E-state index in [1.165, 1.54) is 12.8 Å². The van der Waals surface area contributed by atoms with Crippen LogP contribution in [0.5, 0.6) is 0 Å². The molecule has 0 spiro atoms. The maximum absolute atomic E-state index is 7.87. The number of nitrogens with zero attached hydrogens (tertiary/aromatic N) is 1. The summed E-state index contributed by atoms with van der Waals surface area (Å²) in [5.41, 5.74) is 5.93. The Morgan fingerprint density at radius 3 is 2.14 bits per heavy atom. The summed E-state index contributed by atoms with van der Waals surface area (Å²) in [6, 6.07) is 1.94. The summed E-state index contributed by atoms with van der Waals surface area (Å²) in [4.78, 5) is 0. The summed E-state index contributed by atoms with van der Waals surface area (Å²) < 4.78 is 9.44. The fraction of sp³-hybridized carbons (Fsp3) is 0.900. The van der Waals surface area contributed by atoms with Gasteiger partial charge in [-0.05, 0) is 19.3 Å². The van der Waals surface area contributed by atoms with Crippen LogP contribution in [-0.2, 0) is 9.47 Å². The van der Waals surface area contributed by atoms with Gasteiger partial charge in [-0.3, -0.25) is 0 Å². The summed E-state index contributed by atoms with van der Waals surface area (Å²) in [5.74, 6) is 0. The molecule has 0 saturated heterocycles. The lowest BCUT2D eigenvalue weighted by Crippen LogP contribution is -2.23. The predicted molar refractivity (Wildman–Crippen MR) is 54.8 cm³/mol. The molecule has 0 bridgehead atoms. The Hall–Kier alpha value is -0.630. The lowest BCUT2D eigenvalue weighted by molar-refractivity contribution is 0.185. The Morgan fingerprint density at radius 2 is 1.86 bits per heavy atom. The molecular formula is C10H20N2O2. The third-order valence-corrected chi connectivity index (χ3v) is 2.11. The molecule has 0 aromatic rings. The normalized spacial score (nSPS) is 16.4. The molecule has 0 amide bonds. The van der Waals surface area contributed by atoms with Crippen LogP contribution in [-0.4, -0.2) is 33.0 Å². The second-order valence-electron chi connectivity index (χ2n) is 3.51. The Balaban J connectivity index is 0.000000255. The van der Waals surface area contributed by atoms with Crippen LogP contribution in [0.2, 0.25) is 0 Å². The molecule has 82 valence electrons. The van der Waals surface area contributed by atoms with E-state index in [0.29, 0.717) is 13.0 Å². The molecule has 0 aromatic heterocycles. The van der Waals surface area contributed by atoms with Gasteiger partial charge in [0.1, 0.15) is 0 Å². The fourth-order valence-electron chi connectivity index (χ4n) is 0.864. The zero-order chi connectivity index (χ0) is 10.9. The fourth-order valence-corrected chi connectivity index (χ4v) is 0.864. The second-order valence-corrected chi connectivity index (χ2v) is 3.51. The van der Waals surface area contributed by atoms with E-state index in [2.05, 4.69) is 4.74 Å². The van der Waals surface area contributed by atoms with E-state index in [1.807, 2.05) is 6.07 Å². The lowest BCUT2D eigenvalue weighted by atomic mass is 10.2. The Labute approximate surface area is 86.0 Å². The molecule has 1 rings (SSSR count). The quantitative estimate of drug-likeness (QED) is 0.674. The first-order valence-electron chi connectivity index (χ1n) is 4.82. The summed E-state index contributed by atoms with van der Waals surface area (Å²) in [6.45, 7) is 1.37. The van der Waals surface area contributed by atoms with Crippen LogP contribution in [0.1, 0.15) is 25.7 Å². The third kappa shape index (κ3) is 7.99. The zero-order valence-electron chi connectivity index (χ0n) is 9.08. The second kappa shape index (κ2) is 7.74. The minimum Gasteiger partial charge on any atom is -0.385 e. The molecule has 0 aliphatic heterocycles. The van der Waals surface area contributed by atoms with Gasteiger partial charge in [0.2, 0.25) is 0 Å². The van der Waals surface area contributed by atoms with E-state index in [9.17, 15) is 0 Å². The van der Waals surface area contributed by atoms with Gasteiger partial charge in [-0.15, -0.1) is 0 Å². The predicted octanol–water partition coefficient (Wildman–Crippen LogP) is 1.06.